The average Bonchev–Trinajstić information content (AvgIpc) is 2.58. The van der Waals surface area contributed by atoms with Crippen molar-refractivity contribution < 1.29 is 13.9 Å². The second-order valence-electron chi connectivity index (χ2n) is 5.42. The summed E-state index contributed by atoms with van der Waals surface area (Å²) < 4.78 is 18.6. The summed E-state index contributed by atoms with van der Waals surface area (Å²) in [6, 6.07) is 7.58. The highest BCUT2D eigenvalue weighted by Crippen LogP contribution is 2.23. The molecule has 2 amide bonds. The summed E-state index contributed by atoms with van der Waals surface area (Å²) in [4.78, 5) is 18.5. The molecular formula is C17H17ClFN3O2. The number of halogens is 2. The highest BCUT2D eigenvalue weighted by molar-refractivity contribution is 6.31. The van der Waals surface area contributed by atoms with Gasteiger partial charge in [-0.1, -0.05) is 17.7 Å². The van der Waals surface area contributed by atoms with Crippen LogP contribution in [-0.4, -0.2) is 29.1 Å². The Morgan fingerprint density at radius 2 is 2.25 bits per heavy atom. The molecule has 0 bridgehead atoms. The minimum Gasteiger partial charge on any atom is -0.478 e. The number of ether oxygens (including phenoxy) is 1. The van der Waals surface area contributed by atoms with Gasteiger partial charge in [-0.2, -0.15) is 0 Å². The number of pyridine rings is 1. The van der Waals surface area contributed by atoms with Crippen molar-refractivity contribution in [2.24, 2.45) is 0 Å². The Kier molecular flexibility index (Phi) is 4.85. The third kappa shape index (κ3) is 3.59. The molecule has 5 nitrogen and oxygen atoms in total. The van der Waals surface area contributed by atoms with Gasteiger partial charge >= 0.3 is 6.03 Å². The molecule has 0 unspecified atom stereocenters. The zero-order chi connectivity index (χ0) is 17.1. The van der Waals surface area contributed by atoms with Crippen molar-refractivity contribution in [3.8, 4) is 5.88 Å². The highest BCUT2D eigenvalue weighted by atomic mass is 35.5. The van der Waals surface area contributed by atoms with Gasteiger partial charge in [0.15, 0.2) is 0 Å². The van der Waals surface area contributed by atoms with Crippen LogP contribution in [0.3, 0.4) is 0 Å². The number of benzene rings is 1. The van der Waals surface area contributed by atoms with Gasteiger partial charge in [-0.3, -0.25) is 0 Å². The quantitative estimate of drug-likeness (QED) is 0.915. The fourth-order valence-electron chi connectivity index (χ4n) is 2.57. The van der Waals surface area contributed by atoms with Crippen LogP contribution in [0.5, 0.6) is 5.88 Å². The molecule has 0 radical (unpaired) electrons. The zero-order valence-corrected chi connectivity index (χ0v) is 13.9. The molecule has 2 heterocycles. The Bertz CT molecular complexity index is 769. The van der Waals surface area contributed by atoms with Crippen molar-refractivity contribution in [1.29, 1.82) is 0 Å². The molecule has 2 aromatic rings. The lowest BCUT2D eigenvalue weighted by molar-refractivity contribution is 0.205. The normalized spacial score (nSPS) is 13.4. The fraction of sp³-hybridized carbons (Fsp3) is 0.294. The summed E-state index contributed by atoms with van der Waals surface area (Å²) in [5, 5.41) is 2.71. The largest absolute Gasteiger partial charge is 0.478 e. The Hall–Kier alpha value is -2.34. The number of carbonyl (C=O) groups is 1. The first-order valence-corrected chi connectivity index (χ1v) is 8.07. The summed E-state index contributed by atoms with van der Waals surface area (Å²) >= 11 is 5.73. The number of hydrogen-bond acceptors (Lipinski definition) is 3. The van der Waals surface area contributed by atoms with Gasteiger partial charge in [-0.25, -0.2) is 14.2 Å². The van der Waals surface area contributed by atoms with Gasteiger partial charge in [0.1, 0.15) is 5.82 Å². The van der Waals surface area contributed by atoms with E-state index in [0.29, 0.717) is 37.7 Å². The van der Waals surface area contributed by atoms with E-state index in [4.69, 9.17) is 16.3 Å². The maximum absolute atomic E-state index is 13.2. The number of anilines is 1. The number of urea groups is 1. The summed E-state index contributed by atoms with van der Waals surface area (Å²) in [5.41, 5.74) is 2.41. The Balaban J connectivity index is 1.68. The minimum atomic E-state index is -0.516. The summed E-state index contributed by atoms with van der Waals surface area (Å²) in [6.45, 7) is 3.50. The van der Waals surface area contributed by atoms with E-state index < -0.39 is 5.82 Å². The molecule has 1 N–H and O–H groups in total. The number of nitrogens with one attached hydrogen (secondary N) is 1. The maximum atomic E-state index is 13.2. The summed E-state index contributed by atoms with van der Waals surface area (Å²) in [6.07, 6.45) is 0.661. The van der Waals surface area contributed by atoms with Crippen molar-refractivity contribution in [2.75, 3.05) is 18.5 Å². The fourth-order valence-corrected chi connectivity index (χ4v) is 2.75. The van der Waals surface area contributed by atoms with Crippen molar-refractivity contribution >= 4 is 23.3 Å². The van der Waals surface area contributed by atoms with Gasteiger partial charge in [-0.15, -0.1) is 0 Å². The van der Waals surface area contributed by atoms with Crippen LogP contribution in [0.25, 0.3) is 0 Å². The van der Waals surface area contributed by atoms with Crippen molar-refractivity contribution in [2.45, 2.75) is 19.9 Å². The molecule has 24 heavy (non-hydrogen) atoms. The number of aromatic nitrogens is 1. The van der Waals surface area contributed by atoms with Gasteiger partial charge in [0.25, 0.3) is 0 Å². The molecule has 1 aliphatic heterocycles. The van der Waals surface area contributed by atoms with Crippen LogP contribution in [0.1, 0.15) is 18.2 Å². The van der Waals surface area contributed by atoms with E-state index in [0.717, 1.165) is 11.3 Å². The Morgan fingerprint density at radius 3 is 3.00 bits per heavy atom. The van der Waals surface area contributed by atoms with Crippen LogP contribution in [0, 0.1) is 5.82 Å². The third-order valence-electron chi connectivity index (χ3n) is 3.77. The van der Waals surface area contributed by atoms with Gasteiger partial charge in [-0.05, 0) is 30.7 Å². The predicted molar refractivity (Wildman–Crippen MR) is 89.9 cm³/mol. The number of fused-ring (bicyclic) bond motifs is 1. The van der Waals surface area contributed by atoms with E-state index in [1.165, 1.54) is 18.2 Å². The van der Waals surface area contributed by atoms with Crippen LogP contribution in [0.15, 0.2) is 30.3 Å². The monoisotopic (exact) mass is 349 g/mol. The lowest BCUT2D eigenvalue weighted by atomic mass is 10.1. The average molecular weight is 350 g/mol. The number of rotatable bonds is 3. The Labute approximate surface area is 144 Å². The van der Waals surface area contributed by atoms with E-state index >= 15 is 0 Å². The second-order valence-corrected chi connectivity index (χ2v) is 5.83. The number of nitrogens with zero attached hydrogens (tertiary/aromatic N) is 2. The van der Waals surface area contributed by atoms with Crippen LogP contribution in [-0.2, 0) is 13.0 Å². The number of hydrogen-bond donors (Lipinski definition) is 1. The first-order chi connectivity index (χ1) is 11.6. The van der Waals surface area contributed by atoms with Crippen LogP contribution < -0.4 is 10.1 Å². The van der Waals surface area contributed by atoms with Gasteiger partial charge in [0.2, 0.25) is 5.88 Å². The van der Waals surface area contributed by atoms with Gasteiger partial charge in [0.05, 0.1) is 17.3 Å². The van der Waals surface area contributed by atoms with Gasteiger partial charge < -0.3 is 15.0 Å². The van der Waals surface area contributed by atoms with Crippen molar-refractivity contribution in [3.05, 3.63) is 52.4 Å². The van der Waals surface area contributed by atoms with Gasteiger partial charge in [0, 0.05) is 31.3 Å². The zero-order valence-electron chi connectivity index (χ0n) is 13.2. The first kappa shape index (κ1) is 16.5. The highest BCUT2D eigenvalue weighted by Gasteiger charge is 2.22. The molecule has 1 aliphatic rings. The van der Waals surface area contributed by atoms with E-state index in [1.807, 2.05) is 19.1 Å². The standard InChI is InChI=1S/C17H17ClFN3O2/c1-2-24-16-6-3-11-10-22(8-7-15(11)21-16)17(23)20-12-4-5-14(19)13(18)9-12/h3-6,9H,2,7-8,10H2,1H3,(H,20,23). The predicted octanol–water partition coefficient (Wildman–Crippen LogP) is 3.86. The van der Waals surface area contributed by atoms with Crippen LogP contribution >= 0.6 is 11.6 Å². The van der Waals surface area contributed by atoms with E-state index in [-0.39, 0.29) is 11.1 Å². The van der Waals surface area contributed by atoms with Crippen LogP contribution in [0.2, 0.25) is 5.02 Å². The van der Waals surface area contributed by atoms with E-state index in [1.54, 1.807) is 4.90 Å². The summed E-state index contributed by atoms with van der Waals surface area (Å²) in [5.74, 6) is 0.0906. The lowest BCUT2D eigenvalue weighted by Crippen LogP contribution is -2.39. The molecule has 3 rings (SSSR count). The minimum absolute atomic E-state index is 0.0237. The number of carbonyl (C=O) groups excluding carboxylic acids is 1. The molecule has 0 saturated heterocycles. The molecular weight excluding hydrogens is 333 g/mol. The molecule has 126 valence electrons. The molecule has 0 saturated carbocycles. The lowest BCUT2D eigenvalue weighted by Gasteiger charge is -2.28. The molecule has 7 heteroatoms. The second kappa shape index (κ2) is 7.05. The molecule has 0 aliphatic carbocycles. The smallest absolute Gasteiger partial charge is 0.322 e. The third-order valence-corrected chi connectivity index (χ3v) is 4.06. The Morgan fingerprint density at radius 1 is 1.42 bits per heavy atom. The molecule has 0 atom stereocenters. The first-order valence-electron chi connectivity index (χ1n) is 7.69. The molecule has 1 aromatic heterocycles. The number of amides is 2. The summed E-state index contributed by atoms with van der Waals surface area (Å²) in [7, 11) is 0. The SMILES string of the molecule is CCOc1ccc2c(n1)CCN(C(=O)Nc1ccc(F)c(Cl)c1)C2. The van der Waals surface area contributed by atoms with E-state index in [2.05, 4.69) is 10.3 Å². The molecule has 1 aromatic carbocycles. The molecule has 0 spiro atoms. The maximum Gasteiger partial charge on any atom is 0.322 e. The van der Waals surface area contributed by atoms with Crippen molar-refractivity contribution in [3.63, 3.8) is 0 Å². The van der Waals surface area contributed by atoms with Crippen molar-refractivity contribution in [1.82, 2.24) is 9.88 Å². The topological polar surface area (TPSA) is 54.5 Å². The molecule has 0 fully saturated rings. The van der Waals surface area contributed by atoms with Crippen LogP contribution in [0.4, 0.5) is 14.9 Å². The van der Waals surface area contributed by atoms with E-state index in [9.17, 15) is 9.18 Å².